The van der Waals surface area contributed by atoms with E-state index in [9.17, 15) is 0 Å². The maximum absolute atomic E-state index is 4.38. The second kappa shape index (κ2) is 9.28. The van der Waals surface area contributed by atoms with Crippen molar-refractivity contribution in [2.75, 3.05) is 0 Å². The molecule has 1 heterocycles. The summed E-state index contributed by atoms with van der Waals surface area (Å²) < 4.78 is 0. The van der Waals surface area contributed by atoms with Crippen LogP contribution in [-0.4, -0.2) is 6.04 Å². The fourth-order valence-electron chi connectivity index (χ4n) is 2.59. The average Bonchev–Trinajstić information content (AvgIpc) is 2.77. The molecule has 19 heavy (non-hydrogen) atoms. The maximum Gasteiger partial charge on any atom is 0.0940 e. The molecule has 0 saturated carbocycles. The molecule has 0 radical (unpaired) electrons. The lowest BCUT2D eigenvalue weighted by Gasteiger charge is -2.12. The normalized spacial score (nSPS) is 18.6. The molecule has 1 atom stereocenters. The quantitative estimate of drug-likeness (QED) is 0.423. The van der Waals surface area contributed by atoms with Gasteiger partial charge < -0.3 is 0 Å². The zero-order valence-electron chi connectivity index (χ0n) is 13.4. The summed E-state index contributed by atoms with van der Waals surface area (Å²) in [5.41, 5.74) is 1.48. The Balaban J connectivity index is 2.13. The predicted octanol–water partition coefficient (Wildman–Crippen LogP) is 6.14. The van der Waals surface area contributed by atoms with Crippen molar-refractivity contribution in [2.24, 2.45) is 22.1 Å². The summed E-state index contributed by atoms with van der Waals surface area (Å²) in [6, 6.07) is 0.409. The van der Waals surface area contributed by atoms with Crippen molar-refractivity contribution >= 4 is 0 Å². The molecule has 0 aromatic carbocycles. The minimum Gasteiger partial charge on any atom is -0.181 e. The van der Waals surface area contributed by atoms with E-state index in [1.807, 2.05) is 6.20 Å². The Hall–Kier alpha value is -0.660. The van der Waals surface area contributed by atoms with Gasteiger partial charge in [0.1, 0.15) is 0 Å². The van der Waals surface area contributed by atoms with Crippen molar-refractivity contribution in [2.45, 2.75) is 85.1 Å². The van der Waals surface area contributed by atoms with Gasteiger partial charge in [0.25, 0.3) is 0 Å². The lowest BCUT2D eigenvalue weighted by molar-refractivity contribution is 0.503. The summed E-state index contributed by atoms with van der Waals surface area (Å²) >= 11 is 0. The van der Waals surface area contributed by atoms with Crippen molar-refractivity contribution < 1.29 is 0 Å². The van der Waals surface area contributed by atoms with E-state index in [4.69, 9.17) is 0 Å². The molecule has 0 aromatic heterocycles. The lowest BCUT2D eigenvalue weighted by Crippen LogP contribution is -2.05. The third kappa shape index (κ3) is 7.49. The fourth-order valence-corrected chi connectivity index (χ4v) is 2.59. The van der Waals surface area contributed by atoms with Gasteiger partial charge in [0.05, 0.1) is 12.2 Å². The third-order valence-electron chi connectivity index (χ3n) is 3.86. The monoisotopic (exact) mass is 264 g/mol. The van der Waals surface area contributed by atoms with E-state index in [1.54, 1.807) is 0 Å². The van der Waals surface area contributed by atoms with Gasteiger partial charge in [-0.05, 0) is 36.7 Å². The van der Waals surface area contributed by atoms with Crippen LogP contribution in [0.5, 0.6) is 0 Å². The molecular weight excluding hydrogens is 232 g/mol. The number of hydrogen-bond donors (Lipinski definition) is 0. The second-order valence-corrected chi connectivity index (χ2v) is 6.77. The Morgan fingerprint density at radius 3 is 2.21 bits per heavy atom. The topological polar surface area (TPSA) is 24.7 Å². The van der Waals surface area contributed by atoms with E-state index in [-0.39, 0.29) is 0 Å². The summed E-state index contributed by atoms with van der Waals surface area (Å²) in [7, 11) is 0. The summed E-state index contributed by atoms with van der Waals surface area (Å²) in [4.78, 5) is 0. The molecule has 0 spiro atoms. The van der Waals surface area contributed by atoms with Gasteiger partial charge in [0.2, 0.25) is 0 Å². The lowest BCUT2D eigenvalue weighted by atomic mass is 9.95. The van der Waals surface area contributed by atoms with Gasteiger partial charge in [-0.2, -0.15) is 10.2 Å². The zero-order chi connectivity index (χ0) is 14.1. The van der Waals surface area contributed by atoms with Crippen LogP contribution in [0.2, 0.25) is 0 Å². The van der Waals surface area contributed by atoms with Crippen molar-refractivity contribution in [3.8, 4) is 0 Å². The predicted molar refractivity (Wildman–Crippen MR) is 83.3 cm³/mol. The molecule has 0 aliphatic carbocycles. The Bertz CT molecular complexity index is 290. The third-order valence-corrected chi connectivity index (χ3v) is 3.86. The Morgan fingerprint density at radius 2 is 1.58 bits per heavy atom. The van der Waals surface area contributed by atoms with Crippen LogP contribution >= 0.6 is 0 Å². The molecule has 1 aliphatic rings. The molecule has 1 aliphatic heterocycles. The first kappa shape index (κ1) is 16.4. The summed E-state index contributed by atoms with van der Waals surface area (Å²) in [6.45, 7) is 9.21. The Labute approximate surface area is 119 Å². The number of hydrogen-bond acceptors (Lipinski definition) is 2. The van der Waals surface area contributed by atoms with Gasteiger partial charge in [-0.3, -0.25) is 0 Å². The molecular formula is C17H32N2. The number of unbranched alkanes of at least 4 members (excludes halogenated alkanes) is 2. The Morgan fingerprint density at radius 1 is 0.947 bits per heavy atom. The van der Waals surface area contributed by atoms with Gasteiger partial charge in [-0.25, -0.2) is 0 Å². The standard InChI is InChI=1S/C17H32N2/c1-14(2)9-5-7-11-16-13-18-19-17(16)12-8-6-10-15(3)4/h13-15,17H,5-12H2,1-4H3. The smallest absolute Gasteiger partial charge is 0.0940 e. The zero-order valence-corrected chi connectivity index (χ0v) is 13.4. The van der Waals surface area contributed by atoms with Crippen LogP contribution in [0.25, 0.3) is 0 Å². The first-order chi connectivity index (χ1) is 9.09. The minimum absolute atomic E-state index is 0.409. The van der Waals surface area contributed by atoms with Crippen LogP contribution in [0.15, 0.2) is 22.0 Å². The number of azo groups is 1. The van der Waals surface area contributed by atoms with E-state index in [1.165, 1.54) is 56.9 Å². The molecule has 0 fully saturated rings. The first-order valence-corrected chi connectivity index (χ1v) is 8.18. The van der Waals surface area contributed by atoms with Crippen molar-refractivity contribution in [1.82, 2.24) is 0 Å². The highest BCUT2D eigenvalue weighted by atomic mass is 15.1. The van der Waals surface area contributed by atoms with Gasteiger partial charge >= 0.3 is 0 Å². The molecule has 1 rings (SSSR count). The van der Waals surface area contributed by atoms with Crippen molar-refractivity contribution in [3.63, 3.8) is 0 Å². The molecule has 0 N–H and O–H groups in total. The van der Waals surface area contributed by atoms with Crippen LogP contribution in [0.1, 0.15) is 79.1 Å². The van der Waals surface area contributed by atoms with Gasteiger partial charge in [0, 0.05) is 0 Å². The Kier molecular flexibility index (Phi) is 8.00. The van der Waals surface area contributed by atoms with Crippen LogP contribution < -0.4 is 0 Å². The highest BCUT2D eigenvalue weighted by Crippen LogP contribution is 2.26. The van der Waals surface area contributed by atoms with Crippen LogP contribution in [0, 0.1) is 11.8 Å². The summed E-state index contributed by atoms with van der Waals surface area (Å²) in [5.74, 6) is 1.66. The summed E-state index contributed by atoms with van der Waals surface area (Å²) in [6.07, 6.45) is 12.4. The average molecular weight is 264 g/mol. The van der Waals surface area contributed by atoms with E-state index < -0.39 is 0 Å². The summed E-state index contributed by atoms with van der Waals surface area (Å²) in [5, 5.41) is 8.52. The van der Waals surface area contributed by atoms with E-state index in [0.29, 0.717) is 6.04 Å². The van der Waals surface area contributed by atoms with Gasteiger partial charge in [0.15, 0.2) is 0 Å². The largest absolute Gasteiger partial charge is 0.181 e. The highest BCUT2D eigenvalue weighted by molar-refractivity contribution is 5.13. The van der Waals surface area contributed by atoms with Crippen LogP contribution in [0.3, 0.4) is 0 Å². The minimum atomic E-state index is 0.409. The molecule has 0 aromatic rings. The van der Waals surface area contributed by atoms with E-state index in [0.717, 1.165) is 11.8 Å². The number of nitrogens with zero attached hydrogens (tertiary/aromatic N) is 2. The van der Waals surface area contributed by atoms with E-state index in [2.05, 4.69) is 37.9 Å². The molecule has 0 bridgehead atoms. The molecule has 2 heteroatoms. The molecule has 0 amide bonds. The van der Waals surface area contributed by atoms with Gasteiger partial charge in [-0.15, -0.1) is 0 Å². The highest BCUT2D eigenvalue weighted by Gasteiger charge is 2.16. The molecule has 1 unspecified atom stereocenters. The van der Waals surface area contributed by atoms with Crippen LogP contribution in [-0.2, 0) is 0 Å². The van der Waals surface area contributed by atoms with Crippen molar-refractivity contribution in [3.05, 3.63) is 11.8 Å². The molecule has 2 nitrogen and oxygen atoms in total. The fraction of sp³-hybridized carbons (Fsp3) is 0.882. The second-order valence-electron chi connectivity index (χ2n) is 6.77. The molecule has 0 saturated heterocycles. The van der Waals surface area contributed by atoms with Crippen LogP contribution in [0.4, 0.5) is 0 Å². The van der Waals surface area contributed by atoms with Crippen molar-refractivity contribution in [1.29, 1.82) is 0 Å². The molecule has 110 valence electrons. The van der Waals surface area contributed by atoms with Gasteiger partial charge in [-0.1, -0.05) is 59.8 Å². The maximum atomic E-state index is 4.38. The number of rotatable bonds is 10. The SMILES string of the molecule is CC(C)CCCCC1=CN=NC1CCCCC(C)C. The van der Waals surface area contributed by atoms with E-state index >= 15 is 0 Å². The first-order valence-electron chi connectivity index (χ1n) is 8.18.